The summed E-state index contributed by atoms with van der Waals surface area (Å²) < 4.78 is 5.13. The highest BCUT2D eigenvalue weighted by Gasteiger charge is 2.19. The number of anilines is 3. The van der Waals surface area contributed by atoms with E-state index in [2.05, 4.69) is 29.0 Å². The Bertz CT molecular complexity index is 781. The molecule has 1 aliphatic rings. The molecule has 0 aliphatic carbocycles. The van der Waals surface area contributed by atoms with Gasteiger partial charge in [0, 0.05) is 49.2 Å². The number of carbonyl (C=O) groups excluding carboxylic acids is 1. The highest BCUT2D eigenvalue weighted by atomic mass is 16.5. The smallest absolute Gasteiger partial charge is 0.255 e. The topological polar surface area (TPSA) is 70.8 Å². The Hall–Kier alpha value is -2.73. The Morgan fingerprint density at radius 1 is 1.07 bits per heavy atom. The maximum absolute atomic E-state index is 12.5. The number of rotatable bonds is 5. The maximum atomic E-state index is 12.5. The zero-order valence-electron chi connectivity index (χ0n) is 16.2. The molecule has 3 N–H and O–H groups in total. The molecule has 1 aliphatic heterocycles. The number of piperazine rings is 1. The van der Waals surface area contributed by atoms with Crippen LogP contribution in [0.15, 0.2) is 42.5 Å². The van der Waals surface area contributed by atoms with Crippen molar-refractivity contribution >= 4 is 23.0 Å². The van der Waals surface area contributed by atoms with Crippen LogP contribution in [-0.4, -0.2) is 50.1 Å². The third-order valence-corrected chi connectivity index (χ3v) is 5.03. The quantitative estimate of drug-likeness (QED) is 0.794. The Kier molecular flexibility index (Phi) is 5.86. The van der Waals surface area contributed by atoms with Crippen LogP contribution in [0.3, 0.4) is 0 Å². The molecule has 3 rings (SSSR count). The number of nitrogens with two attached hydrogens (primary N) is 1. The van der Waals surface area contributed by atoms with Gasteiger partial charge in [-0.1, -0.05) is 0 Å². The van der Waals surface area contributed by atoms with Gasteiger partial charge in [0.2, 0.25) is 0 Å². The summed E-state index contributed by atoms with van der Waals surface area (Å²) in [7, 11) is 1.56. The van der Waals surface area contributed by atoms with Crippen LogP contribution < -0.4 is 20.7 Å². The lowest BCUT2D eigenvalue weighted by molar-refractivity contribution is 0.102. The van der Waals surface area contributed by atoms with Gasteiger partial charge in [0.25, 0.3) is 5.91 Å². The van der Waals surface area contributed by atoms with Gasteiger partial charge in [-0.05, 0) is 56.3 Å². The molecule has 1 amide bonds. The van der Waals surface area contributed by atoms with Gasteiger partial charge in [0.1, 0.15) is 5.75 Å². The largest absolute Gasteiger partial charge is 0.495 e. The predicted octanol–water partition coefficient (Wildman–Crippen LogP) is 3.06. The van der Waals surface area contributed by atoms with Crippen molar-refractivity contribution in [3.05, 3.63) is 48.0 Å². The SMILES string of the molecule is COc1ccc(NC(=O)c2ccc(N3CCN(C(C)C)CC3)cc2)cc1N. The number of hydrogen-bond acceptors (Lipinski definition) is 5. The molecule has 0 bridgehead atoms. The Morgan fingerprint density at radius 2 is 1.74 bits per heavy atom. The third-order valence-electron chi connectivity index (χ3n) is 5.03. The van der Waals surface area contributed by atoms with Gasteiger partial charge in [-0.3, -0.25) is 9.69 Å². The molecule has 0 spiro atoms. The van der Waals surface area contributed by atoms with Gasteiger partial charge in [0.15, 0.2) is 0 Å². The summed E-state index contributed by atoms with van der Waals surface area (Å²) in [6.07, 6.45) is 0. The molecule has 1 heterocycles. The highest BCUT2D eigenvalue weighted by molar-refractivity contribution is 6.04. The molecule has 144 valence electrons. The van der Waals surface area contributed by atoms with E-state index in [9.17, 15) is 4.79 Å². The molecule has 1 fully saturated rings. The molecule has 6 heteroatoms. The first-order valence-corrected chi connectivity index (χ1v) is 9.32. The Labute approximate surface area is 160 Å². The first-order chi connectivity index (χ1) is 13.0. The number of nitrogens with one attached hydrogen (secondary N) is 1. The molecule has 1 saturated heterocycles. The average molecular weight is 368 g/mol. The first-order valence-electron chi connectivity index (χ1n) is 9.32. The van der Waals surface area contributed by atoms with Crippen LogP contribution in [0.4, 0.5) is 17.1 Å². The fourth-order valence-electron chi connectivity index (χ4n) is 3.34. The minimum Gasteiger partial charge on any atom is -0.495 e. The zero-order valence-corrected chi connectivity index (χ0v) is 16.2. The van der Waals surface area contributed by atoms with E-state index >= 15 is 0 Å². The van der Waals surface area contributed by atoms with Crippen molar-refractivity contribution in [3.63, 3.8) is 0 Å². The summed E-state index contributed by atoms with van der Waals surface area (Å²) in [5, 5.41) is 2.87. The van der Waals surface area contributed by atoms with Gasteiger partial charge in [0.05, 0.1) is 12.8 Å². The number of nitrogen functional groups attached to an aromatic ring is 1. The molecule has 0 atom stereocenters. The standard InChI is InChI=1S/C21H28N4O2/c1-15(2)24-10-12-25(13-11-24)18-7-4-16(5-8-18)21(26)23-17-6-9-20(27-3)19(22)14-17/h4-9,14-15H,10-13,22H2,1-3H3,(H,23,26). The summed E-state index contributed by atoms with van der Waals surface area (Å²) in [5.74, 6) is 0.436. The number of benzene rings is 2. The van der Waals surface area contributed by atoms with Crippen LogP contribution >= 0.6 is 0 Å². The van der Waals surface area contributed by atoms with E-state index in [1.54, 1.807) is 25.3 Å². The fraction of sp³-hybridized carbons (Fsp3) is 0.381. The van der Waals surface area contributed by atoms with E-state index < -0.39 is 0 Å². The number of hydrogen-bond donors (Lipinski definition) is 2. The van der Waals surface area contributed by atoms with Gasteiger partial charge in [-0.25, -0.2) is 0 Å². The van der Waals surface area contributed by atoms with Crippen LogP contribution in [0.2, 0.25) is 0 Å². The number of ether oxygens (including phenoxy) is 1. The van der Waals surface area contributed by atoms with Crippen molar-refractivity contribution in [1.29, 1.82) is 0 Å². The number of carbonyl (C=O) groups is 1. The Morgan fingerprint density at radius 3 is 2.30 bits per heavy atom. The van der Waals surface area contributed by atoms with Gasteiger partial charge in [-0.15, -0.1) is 0 Å². The van der Waals surface area contributed by atoms with Gasteiger partial charge in [-0.2, -0.15) is 0 Å². The fourth-order valence-corrected chi connectivity index (χ4v) is 3.34. The minimum atomic E-state index is -0.157. The maximum Gasteiger partial charge on any atom is 0.255 e. The molecule has 0 unspecified atom stereocenters. The van der Waals surface area contributed by atoms with Crippen molar-refractivity contribution in [1.82, 2.24) is 4.90 Å². The number of nitrogens with zero attached hydrogens (tertiary/aromatic N) is 2. The van der Waals surface area contributed by atoms with Crippen LogP contribution in [0.1, 0.15) is 24.2 Å². The summed E-state index contributed by atoms with van der Waals surface area (Å²) in [4.78, 5) is 17.3. The molecule has 2 aromatic carbocycles. The molecule has 0 aromatic heterocycles. The monoisotopic (exact) mass is 368 g/mol. The lowest BCUT2D eigenvalue weighted by atomic mass is 10.1. The van der Waals surface area contributed by atoms with Crippen LogP contribution in [0, 0.1) is 0 Å². The van der Waals surface area contributed by atoms with E-state index in [4.69, 9.17) is 10.5 Å². The van der Waals surface area contributed by atoms with Gasteiger partial charge < -0.3 is 20.7 Å². The molecular weight excluding hydrogens is 340 g/mol. The lowest BCUT2D eigenvalue weighted by Gasteiger charge is -2.38. The Balaban J connectivity index is 1.61. The first kappa shape index (κ1) is 19.0. The summed E-state index contributed by atoms with van der Waals surface area (Å²) in [5.41, 5.74) is 8.80. The highest BCUT2D eigenvalue weighted by Crippen LogP contribution is 2.25. The summed E-state index contributed by atoms with van der Waals surface area (Å²) in [6, 6.07) is 13.6. The molecule has 0 saturated carbocycles. The van der Waals surface area contributed by atoms with Crippen molar-refractivity contribution < 1.29 is 9.53 Å². The van der Waals surface area contributed by atoms with Crippen LogP contribution in [-0.2, 0) is 0 Å². The minimum absolute atomic E-state index is 0.157. The second kappa shape index (κ2) is 8.31. The summed E-state index contributed by atoms with van der Waals surface area (Å²) in [6.45, 7) is 8.63. The van der Waals surface area contributed by atoms with Gasteiger partial charge >= 0.3 is 0 Å². The van der Waals surface area contributed by atoms with Crippen molar-refractivity contribution in [3.8, 4) is 5.75 Å². The summed E-state index contributed by atoms with van der Waals surface area (Å²) >= 11 is 0. The van der Waals surface area contributed by atoms with E-state index in [0.717, 1.165) is 31.9 Å². The molecule has 2 aromatic rings. The molecule has 6 nitrogen and oxygen atoms in total. The lowest BCUT2D eigenvalue weighted by Crippen LogP contribution is -2.48. The third kappa shape index (κ3) is 4.52. The van der Waals surface area contributed by atoms with Crippen LogP contribution in [0.5, 0.6) is 5.75 Å². The van der Waals surface area contributed by atoms with E-state index in [1.807, 2.05) is 24.3 Å². The normalized spacial score (nSPS) is 15.0. The average Bonchev–Trinajstić information content (AvgIpc) is 2.68. The molecular formula is C21H28N4O2. The second-order valence-corrected chi connectivity index (χ2v) is 7.07. The zero-order chi connectivity index (χ0) is 19.4. The predicted molar refractivity (Wildman–Crippen MR) is 111 cm³/mol. The van der Waals surface area contributed by atoms with Crippen LogP contribution in [0.25, 0.3) is 0 Å². The van der Waals surface area contributed by atoms with E-state index in [-0.39, 0.29) is 5.91 Å². The van der Waals surface area contributed by atoms with Crippen molar-refractivity contribution in [2.24, 2.45) is 0 Å². The van der Waals surface area contributed by atoms with Crippen molar-refractivity contribution in [2.45, 2.75) is 19.9 Å². The number of methoxy groups -OCH3 is 1. The van der Waals surface area contributed by atoms with Crippen molar-refractivity contribution in [2.75, 3.05) is 49.2 Å². The second-order valence-electron chi connectivity index (χ2n) is 7.07. The molecule has 0 radical (unpaired) electrons. The van der Waals surface area contributed by atoms with E-state index in [1.165, 1.54) is 0 Å². The number of amides is 1. The van der Waals surface area contributed by atoms with E-state index in [0.29, 0.717) is 28.7 Å². The molecule has 27 heavy (non-hydrogen) atoms.